The monoisotopic (exact) mass is 412 g/mol. The summed E-state index contributed by atoms with van der Waals surface area (Å²) in [6.45, 7) is 2.01. The van der Waals surface area contributed by atoms with Gasteiger partial charge in [0.25, 0.3) is 0 Å². The highest BCUT2D eigenvalue weighted by molar-refractivity contribution is 5.64. The van der Waals surface area contributed by atoms with Gasteiger partial charge < -0.3 is 15.7 Å². The molecule has 4 rings (SSSR count). The normalized spacial score (nSPS) is 17.8. The lowest BCUT2D eigenvalue weighted by atomic mass is 10.1. The molecule has 1 fully saturated rings. The van der Waals surface area contributed by atoms with Crippen molar-refractivity contribution in [2.75, 3.05) is 25.9 Å². The van der Waals surface area contributed by atoms with Crippen LogP contribution in [0.4, 0.5) is 23.5 Å². The average molecular weight is 412 g/mol. The van der Waals surface area contributed by atoms with Crippen molar-refractivity contribution >= 4 is 11.5 Å². The fourth-order valence-corrected chi connectivity index (χ4v) is 3.02. The van der Waals surface area contributed by atoms with Crippen LogP contribution in [0.2, 0.25) is 0 Å². The number of nitrogen functional groups attached to an aromatic ring is 1. The van der Waals surface area contributed by atoms with Crippen LogP contribution in [-0.2, 0) is 6.18 Å². The number of halogens is 4. The van der Waals surface area contributed by atoms with Gasteiger partial charge in [0.15, 0.2) is 5.82 Å². The van der Waals surface area contributed by atoms with Gasteiger partial charge in [-0.2, -0.15) is 13.2 Å². The molecule has 1 saturated heterocycles. The lowest BCUT2D eigenvalue weighted by molar-refractivity contribution is -0.141. The minimum atomic E-state index is -4.59. The van der Waals surface area contributed by atoms with Gasteiger partial charge in [0.2, 0.25) is 5.95 Å². The van der Waals surface area contributed by atoms with Crippen molar-refractivity contribution < 1.29 is 22.7 Å². The van der Waals surface area contributed by atoms with Crippen LogP contribution in [0.5, 0.6) is 0 Å². The molecule has 0 amide bonds. The van der Waals surface area contributed by atoms with E-state index >= 15 is 0 Å². The number of hydrogen-bond acceptors (Lipinski definition) is 6. The van der Waals surface area contributed by atoms with E-state index in [0.29, 0.717) is 0 Å². The molecule has 1 atom stereocenters. The zero-order chi connectivity index (χ0) is 21.2. The lowest BCUT2D eigenvalue weighted by Gasteiger charge is -2.25. The number of likely N-dealkylation sites (tertiary alicyclic amines) is 1. The first kappa shape index (κ1) is 20.9. The predicted octanol–water partition coefficient (Wildman–Crippen LogP) is 2.60. The summed E-state index contributed by atoms with van der Waals surface area (Å²) >= 11 is 0. The summed E-state index contributed by atoms with van der Waals surface area (Å²) in [5, 5.41) is 12.8. The Morgan fingerprint density at radius 2 is 2.03 bits per heavy atom. The Balaban J connectivity index is 0.000000252. The number of fused-ring (bicyclic) bond motifs is 1. The summed E-state index contributed by atoms with van der Waals surface area (Å²) < 4.78 is 52.9. The van der Waals surface area contributed by atoms with Gasteiger partial charge in [0, 0.05) is 12.6 Å². The number of piperidine rings is 1. The molecule has 0 radical (unpaired) electrons. The van der Waals surface area contributed by atoms with E-state index in [1.54, 1.807) is 0 Å². The molecule has 0 bridgehead atoms. The van der Waals surface area contributed by atoms with Crippen molar-refractivity contribution in [3.8, 4) is 11.4 Å². The summed E-state index contributed by atoms with van der Waals surface area (Å²) in [4.78, 5) is 9.29. The van der Waals surface area contributed by atoms with Gasteiger partial charge in [-0.3, -0.25) is 0 Å². The van der Waals surface area contributed by atoms with Gasteiger partial charge in [0.05, 0.1) is 23.7 Å². The number of anilines is 1. The zero-order valence-electron chi connectivity index (χ0n) is 15.6. The Morgan fingerprint density at radius 3 is 2.66 bits per heavy atom. The summed E-state index contributed by atoms with van der Waals surface area (Å²) in [7, 11) is 2.04. The molecule has 1 aliphatic heterocycles. The second-order valence-corrected chi connectivity index (χ2v) is 6.76. The summed E-state index contributed by atoms with van der Waals surface area (Å²) in [6, 6.07) is 4.38. The van der Waals surface area contributed by atoms with E-state index in [1.165, 1.54) is 12.1 Å². The van der Waals surface area contributed by atoms with Crippen molar-refractivity contribution in [2.45, 2.75) is 25.1 Å². The molecule has 3 aromatic rings. The van der Waals surface area contributed by atoms with Gasteiger partial charge in [-0.05, 0) is 38.6 Å². The topological polar surface area (TPSA) is 92.6 Å². The molecule has 1 aliphatic rings. The van der Waals surface area contributed by atoms with Gasteiger partial charge in [-0.1, -0.05) is 6.07 Å². The maximum Gasteiger partial charge on any atom is 0.433 e. The van der Waals surface area contributed by atoms with Crippen molar-refractivity contribution in [1.29, 1.82) is 0 Å². The van der Waals surface area contributed by atoms with Crippen molar-refractivity contribution in [1.82, 2.24) is 24.5 Å². The van der Waals surface area contributed by atoms with Crippen LogP contribution < -0.4 is 5.73 Å². The lowest BCUT2D eigenvalue weighted by Crippen LogP contribution is -2.34. The van der Waals surface area contributed by atoms with Gasteiger partial charge in [-0.15, -0.1) is 5.10 Å². The SMILES string of the molecule is CN1CCCC(O)C1.Nc1ncc2c(F)cc(-c3cccc(C(F)(F)F)n3)n2n1. The number of pyridine rings is 1. The first-order valence-corrected chi connectivity index (χ1v) is 8.86. The third-order valence-electron chi connectivity index (χ3n) is 4.39. The number of aromatic nitrogens is 4. The Morgan fingerprint density at radius 1 is 1.28 bits per heavy atom. The number of likely N-dealkylation sites (N-methyl/N-ethyl adjacent to an activating group) is 1. The van der Waals surface area contributed by atoms with Gasteiger partial charge in [0.1, 0.15) is 11.2 Å². The van der Waals surface area contributed by atoms with Crippen LogP contribution in [0.15, 0.2) is 30.5 Å². The van der Waals surface area contributed by atoms with Crippen LogP contribution in [-0.4, -0.2) is 55.8 Å². The molecule has 3 N–H and O–H groups in total. The highest BCUT2D eigenvalue weighted by Crippen LogP contribution is 2.30. The number of nitrogens with two attached hydrogens (primary N) is 1. The summed E-state index contributed by atoms with van der Waals surface area (Å²) in [5.74, 6) is -0.810. The molecule has 7 nitrogen and oxygen atoms in total. The van der Waals surface area contributed by atoms with Crippen LogP contribution in [0.25, 0.3) is 16.9 Å². The third kappa shape index (κ3) is 4.98. The molecule has 0 spiro atoms. The van der Waals surface area contributed by atoms with E-state index in [0.717, 1.165) is 48.8 Å². The maximum atomic E-state index is 13.8. The smallest absolute Gasteiger partial charge is 0.392 e. The Kier molecular flexibility index (Phi) is 5.99. The van der Waals surface area contributed by atoms with Crippen molar-refractivity contribution in [3.63, 3.8) is 0 Å². The van der Waals surface area contributed by atoms with Crippen molar-refractivity contribution in [2.24, 2.45) is 0 Å². The Labute approximate surface area is 163 Å². The third-order valence-corrected chi connectivity index (χ3v) is 4.39. The first-order valence-electron chi connectivity index (χ1n) is 8.86. The van der Waals surface area contributed by atoms with Gasteiger partial charge in [-0.25, -0.2) is 18.9 Å². The molecule has 156 valence electrons. The second kappa shape index (κ2) is 8.29. The number of alkyl halides is 3. The van der Waals surface area contributed by atoms with E-state index in [1.807, 2.05) is 7.05 Å². The molecule has 4 heterocycles. The maximum absolute atomic E-state index is 13.8. The molecule has 29 heavy (non-hydrogen) atoms. The highest BCUT2D eigenvalue weighted by Gasteiger charge is 2.32. The molecular formula is C18H20F4N6O. The molecule has 1 unspecified atom stereocenters. The summed E-state index contributed by atoms with van der Waals surface area (Å²) in [6.07, 6.45) is -1.36. The van der Waals surface area contributed by atoms with Crippen LogP contribution >= 0.6 is 0 Å². The van der Waals surface area contributed by atoms with Crippen LogP contribution in [0.3, 0.4) is 0 Å². The summed E-state index contributed by atoms with van der Waals surface area (Å²) in [5.41, 5.74) is 4.33. The Bertz CT molecular complexity index is 982. The van der Waals surface area contributed by atoms with Crippen LogP contribution in [0.1, 0.15) is 18.5 Å². The molecular weight excluding hydrogens is 392 g/mol. The Hall–Kier alpha value is -2.79. The molecule has 11 heteroatoms. The number of β-amino-alcohol motifs (C(OH)–C–C–N with tert-alkyl or cyclic N) is 1. The fourth-order valence-electron chi connectivity index (χ4n) is 3.02. The molecule has 3 aromatic heterocycles. The van der Waals surface area contributed by atoms with E-state index in [-0.39, 0.29) is 29.0 Å². The number of hydrogen-bond donors (Lipinski definition) is 2. The minimum absolute atomic E-state index is 0.00147. The fraction of sp³-hybridized carbons (Fsp3) is 0.389. The number of nitrogens with zero attached hydrogens (tertiary/aromatic N) is 5. The van der Waals surface area contributed by atoms with E-state index < -0.39 is 17.7 Å². The standard InChI is InChI=1S/C12H7F4N5.C6H13NO/c13-6-4-8(21-9(6)5-18-11(17)20-21)7-2-1-3-10(19-7)12(14,15)16;1-7-4-2-3-6(8)5-7/h1-5H,(H2,17,20);6,8H,2-5H2,1H3. The molecule has 0 saturated carbocycles. The van der Waals surface area contributed by atoms with Crippen LogP contribution in [0, 0.1) is 5.82 Å². The number of rotatable bonds is 1. The quantitative estimate of drug-likeness (QED) is 0.597. The van der Waals surface area contributed by atoms with E-state index in [4.69, 9.17) is 10.8 Å². The second-order valence-electron chi connectivity index (χ2n) is 6.76. The highest BCUT2D eigenvalue weighted by atomic mass is 19.4. The van der Waals surface area contributed by atoms with E-state index in [2.05, 4.69) is 20.0 Å². The number of aliphatic hydroxyl groups is 1. The van der Waals surface area contributed by atoms with Gasteiger partial charge >= 0.3 is 6.18 Å². The largest absolute Gasteiger partial charge is 0.433 e. The predicted molar refractivity (Wildman–Crippen MR) is 98.3 cm³/mol. The van der Waals surface area contributed by atoms with E-state index in [9.17, 15) is 17.6 Å². The first-order chi connectivity index (χ1) is 13.6. The zero-order valence-corrected chi connectivity index (χ0v) is 15.6. The average Bonchev–Trinajstić information content (AvgIpc) is 2.97. The minimum Gasteiger partial charge on any atom is -0.392 e. The number of aliphatic hydroxyl groups excluding tert-OH is 1. The van der Waals surface area contributed by atoms with Crippen molar-refractivity contribution in [3.05, 3.63) is 42.0 Å². The molecule has 0 aromatic carbocycles. The molecule has 0 aliphatic carbocycles.